The zero-order valence-electron chi connectivity index (χ0n) is 16.8. The van der Waals surface area contributed by atoms with Crippen LogP contribution in [0.4, 0.5) is 23.2 Å². The van der Waals surface area contributed by atoms with Gasteiger partial charge in [0.25, 0.3) is 5.56 Å². The normalized spacial score (nSPS) is 22.3. The smallest absolute Gasteiger partial charge is 0.272 e. The number of anilines is 1. The van der Waals surface area contributed by atoms with Crippen LogP contribution in [0.25, 0.3) is 10.8 Å². The molecule has 1 saturated carbocycles. The van der Waals surface area contributed by atoms with Crippen LogP contribution in [-0.4, -0.2) is 22.2 Å². The SMILES string of the molecule is N#Cc1ccc([C@H]2c3n[nH]c(=O)c4cc(F)cc(c34)N[C@@H]2C2CCC(F)(F)CC2)cc1F. The summed E-state index contributed by atoms with van der Waals surface area (Å²) in [5.41, 5.74) is 0.591. The number of aromatic nitrogens is 2. The van der Waals surface area contributed by atoms with Gasteiger partial charge in [0.15, 0.2) is 0 Å². The van der Waals surface area contributed by atoms with Gasteiger partial charge in [0.1, 0.15) is 17.7 Å². The highest BCUT2D eigenvalue weighted by Gasteiger charge is 2.43. The maximum Gasteiger partial charge on any atom is 0.272 e. The number of H-pyrrole nitrogens is 1. The highest BCUT2D eigenvalue weighted by atomic mass is 19.3. The zero-order valence-corrected chi connectivity index (χ0v) is 16.8. The minimum atomic E-state index is -2.73. The van der Waals surface area contributed by atoms with E-state index in [0.29, 0.717) is 22.3 Å². The van der Waals surface area contributed by atoms with Crippen molar-refractivity contribution in [3.8, 4) is 6.07 Å². The summed E-state index contributed by atoms with van der Waals surface area (Å²) >= 11 is 0. The van der Waals surface area contributed by atoms with Crippen molar-refractivity contribution in [1.29, 1.82) is 5.26 Å². The van der Waals surface area contributed by atoms with Gasteiger partial charge in [-0.25, -0.2) is 22.7 Å². The number of benzene rings is 2. The second-order valence-electron chi connectivity index (χ2n) is 8.51. The summed E-state index contributed by atoms with van der Waals surface area (Å²) in [6, 6.07) is 7.87. The van der Waals surface area contributed by atoms with E-state index in [1.54, 1.807) is 12.1 Å². The molecule has 0 amide bonds. The van der Waals surface area contributed by atoms with Crippen LogP contribution >= 0.6 is 0 Å². The van der Waals surface area contributed by atoms with E-state index in [1.165, 1.54) is 18.2 Å². The second-order valence-corrected chi connectivity index (χ2v) is 8.51. The Hall–Kier alpha value is -3.41. The van der Waals surface area contributed by atoms with Gasteiger partial charge in [0.05, 0.1) is 16.6 Å². The van der Waals surface area contributed by atoms with Gasteiger partial charge in [0, 0.05) is 35.9 Å². The summed E-state index contributed by atoms with van der Waals surface area (Å²) < 4.78 is 56.4. The van der Waals surface area contributed by atoms with E-state index >= 15 is 0 Å². The van der Waals surface area contributed by atoms with Gasteiger partial charge in [-0.3, -0.25) is 4.79 Å². The van der Waals surface area contributed by atoms with E-state index in [0.717, 1.165) is 6.07 Å². The quantitative estimate of drug-likeness (QED) is 0.558. The standard InChI is InChI=1S/C23H18F4N4O/c24-14-8-15-19-17(9-14)29-20(11-3-5-23(26,27)6-4-11)18(21(19)30-31-22(15)32)12-1-2-13(10-28)16(25)7-12/h1-2,7-9,11,18,20,29H,3-6H2,(H,31,32)/t18-,20-/m1/s1. The molecule has 3 aromatic rings. The van der Waals surface area contributed by atoms with Gasteiger partial charge in [-0.15, -0.1) is 0 Å². The monoisotopic (exact) mass is 442 g/mol. The van der Waals surface area contributed by atoms with Crippen LogP contribution in [0.3, 0.4) is 0 Å². The highest BCUT2D eigenvalue weighted by molar-refractivity contribution is 5.97. The molecule has 2 heterocycles. The summed E-state index contributed by atoms with van der Waals surface area (Å²) in [6.45, 7) is 0. The number of hydrogen-bond donors (Lipinski definition) is 2. The van der Waals surface area contributed by atoms with Crippen molar-refractivity contribution < 1.29 is 17.6 Å². The third-order valence-electron chi connectivity index (χ3n) is 6.60. The molecule has 9 heteroatoms. The first kappa shape index (κ1) is 20.5. The maximum absolute atomic E-state index is 14.5. The molecule has 1 aromatic heterocycles. The largest absolute Gasteiger partial charge is 0.380 e. The summed E-state index contributed by atoms with van der Waals surface area (Å²) in [5.74, 6) is -4.84. The van der Waals surface area contributed by atoms with E-state index in [1.807, 2.05) is 0 Å². The Morgan fingerprint density at radius 3 is 2.56 bits per heavy atom. The van der Waals surface area contributed by atoms with Crippen molar-refractivity contribution in [1.82, 2.24) is 10.2 Å². The van der Waals surface area contributed by atoms with Crippen molar-refractivity contribution in [3.05, 3.63) is 69.1 Å². The second kappa shape index (κ2) is 7.33. The number of rotatable bonds is 2. The highest BCUT2D eigenvalue weighted by Crippen LogP contribution is 2.47. The molecule has 1 aliphatic carbocycles. The van der Waals surface area contributed by atoms with Crippen molar-refractivity contribution in [3.63, 3.8) is 0 Å². The van der Waals surface area contributed by atoms with Crippen LogP contribution in [0.2, 0.25) is 0 Å². The predicted molar refractivity (Wildman–Crippen MR) is 110 cm³/mol. The van der Waals surface area contributed by atoms with E-state index in [9.17, 15) is 22.4 Å². The van der Waals surface area contributed by atoms with E-state index in [2.05, 4.69) is 15.5 Å². The first-order valence-corrected chi connectivity index (χ1v) is 10.3. The van der Waals surface area contributed by atoms with Gasteiger partial charge >= 0.3 is 0 Å². The first-order valence-electron chi connectivity index (χ1n) is 10.3. The van der Waals surface area contributed by atoms with Crippen molar-refractivity contribution in [2.45, 2.75) is 43.6 Å². The number of nitrogens with one attached hydrogen (secondary N) is 2. The molecule has 0 unspecified atom stereocenters. The van der Waals surface area contributed by atoms with Crippen molar-refractivity contribution in [2.75, 3.05) is 5.32 Å². The fourth-order valence-electron chi connectivity index (χ4n) is 5.05. The molecule has 164 valence electrons. The van der Waals surface area contributed by atoms with Crippen LogP contribution < -0.4 is 10.9 Å². The molecule has 0 saturated heterocycles. The molecule has 0 bridgehead atoms. The molecule has 2 aromatic carbocycles. The van der Waals surface area contributed by atoms with Crippen molar-refractivity contribution >= 4 is 16.5 Å². The first-order chi connectivity index (χ1) is 15.3. The van der Waals surface area contributed by atoms with Crippen LogP contribution in [-0.2, 0) is 0 Å². The fourth-order valence-corrected chi connectivity index (χ4v) is 5.05. The fraction of sp³-hybridized carbons (Fsp3) is 0.348. The van der Waals surface area contributed by atoms with Crippen LogP contribution in [0.1, 0.15) is 48.4 Å². The molecule has 2 aliphatic rings. The Kier molecular flexibility index (Phi) is 4.69. The van der Waals surface area contributed by atoms with Crippen molar-refractivity contribution in [2.24, 2.45) is 5.92 Å². The van der Waals surface area contributed by atoms with E-state index in [4.69, 9.17) is 5.26 Å². The van der Waals surface area contributed by atoms with E-state index < -0.39 is 35.1 Å². The molecule has 5 rings (SSSR count). The molecular formula is C23H18F4N4O. The van der Waals surface area contributed by atoms with Crippen LogP contribution in [0, 0.1) is 28.9 Å². The summed E-state index contributed by atoms with van der Waals surface area (Å²) in [5, 5.41) is 19.5. The Bertz CT molecular complexity index is 1320. The number of aromatic amines is 1. The summed E-state index contributed by atoms with van der Waals surface area (Å²) in [4.78, 5) is 12.3. The van der Waals surface area contributed by atoms with Gasteiger partial charge in [-0.2, -0.15) is 10.4 Å². The van der Waals surface area contributed by atoms with Gasteiger partial charge < -0.3 is 5.32 Å². The Balaban J connectivity index is 1.70. The lowest BCUT2D eigenvalue weighted by Gasteiger charge is -2.41. The molecule has 1 fully saturated rings. The minimum absolute atomic E-state index is 0.102. The van der Waals surface area contributed by atoms with Gasteiger partial charge in [-0.05, 0) is 48.6 Å². The third-order valence-corrected chi connectivity index (χ3v) is 6.60. The average Bonchev–Trinajstić information content (AvgIpc) is 2.75. The molecule has 0 radical (unpaired) electrons. The van der Waals surface area contributed by atoms with Crippen LogP contribution in [0.5, 0.6) is 0 Å². The number of halogens is 4. The zero-order chi connectivity index (χ0) is 22.6. The molecule has 5 nitrogen and oxygen atoms in total. The summed E-state index contributed by atoms with van der Waals surface area (Å²) in [7, 11) is 0. The maximum atomic E-state index is 14.5. The van der Waals surface area contributed by atoms with Gasteiger partial charge in [0.2, 0.25) is 5.92 Å². The molecule has 0 spiro atoms. The Morgan fingerprint density at radius 2 is 1.88 bits per heavy atom. The Morgan fingerprint density at radius 1 is 1.12 bits per heavy atom. The average molecular weight is 442 g/mol. The number of alkyl halides is 2. The lowest BCUT2D eigenvalue weighted by Crippen LogP contribution is -2.42. The molecule has 2 N–H and O–H groups in total. The van der Waals surface area contributed by atoms with E-state index in [-0.39, 0.29) is 42.6 Å². The van der Waals surface area contributed by atoms with Gasteiger partial charge in [-0.1, -0.05) is 6.07 Å². The third kappa shape index (κ3) is 3.30. The Labute approximate surface area is 180 Å². The molecule has 2 atom stereocenters. The number of nitriles is 1. The lowest BCUT2D eigenvalue weighted by molar-refractivity contribution is -0.0480. The predicted octanol–water partition coefficient (Wildman–Crippen LogP) is 4.82. The molecular weight excluding hydrogens is 424 g/mol. The lowest BCUT2D eigenvalue weighted by atomic mass is 9.72. The number of hydrogen-bond acceptors (Lipinski definition) is 4. The summed E-state index contributed by atoms with van der Waals surface area (Å²) in [6.07, 6.45) is -0.0717. The van der Waals surface area contributed by atoms with Crippen LogP contribution in [0.15, 0.2) is 35.1 Å². The molecule has 32 heavy (non-hydrogen) atoms. The minimum Gasteiger partial charge on any atom is -0.380 e. The topological polar surface area (TPSA) is 81.6 Å². The number of nitrogens with zero attached hydrogens (tertiary/aromatic N) is 2. The molecule has 1 aliphatic heterocycles.